The van der Waals surface area contributed by atoms with Gasteiger partial charge in [0.05, 0.1) is 0 Å². The minimum atomic E-state index is -4.72. The Labute approximate surface area is 194 Å². The number of aryl methyl sites for hydroxylation is 1. The second-order valence-corrected chi connectivity index (χ2v) is 8.41. The zero-order valence-electron chi connectivity index (χ0n) is 18.3. The van der Waals surface area contributed by atoms with Crippen molar-refractivity contribution < 1.29 is 22.7 Å². The van der Waals surface area contributed by atoms with E-state index in [1.54, 1.807) is 18.3 Å². The fourth-order valence-corrected chi connectivity index (χ4v) is 4.44. The highest BCUT2D eigenvalue weighted by Gasteiger charge is 2.31. The van der Waals surface area contributed by atoms with E-state index in [-0.39, 0.29) is 17.5 Å². The molecule has 1 aromatic heterocycles. The van der Waals surface area contributed by atoms with Gasteiger partial charge in [-0.25, -0.2) is 0 Å². The van der Waals surface area contributed by atoms with E-state index in [1.165, 1.54) is 12.1 Å². The van der Waals surface area contributed by atoms with Gasteiger partial charge in [0.1, 0.15) is 5.75 Å². The number of aromatic nitrogens is 2. The maximum atomic E-state index is 13.2. The van der Waals surface area contributed by atoms with Crippen LogP contribution in [0.1, 0.15) is 29.3 Å². The average Bonchev–Trinajstić information content (AvgIpc) is 3.32. The number of Topliss-reactive ketones (excluding diaryl/α,β-unsaturated/α-hetero) is 1. The van der Waals surface area contributed by atoms with Crippen LogP contribution >= 0.6 is 0 Å². The van der Waals surface area contributed by atoms with Crippen LogP contribution in [-0.2, 0) is 6.54 Å². The molecule has 0 spiro atoms. The predicted molar refractivity (Wildman–Crippen MR) is 124 cm³/mol. The first-order chi connectivity index (χ1) is 16.3. The third-order valence-electron chi connectivity index (χ3n) is 6.10. The topological polar surface area (TPSA) is 44.1 Å². The van der Waals surface area contributed by atoms with Crippen LogP contribution in [0.25, 0.3) is 27.5 Å². The monoisotopic (exact) mass is 462 g/mol. The molecule has 0 saturated carbocycles. The van der Waals surface area contributed by atoms with Gasteiger partial charge in [-0.1, -0.05) is 30.3 Å². The number of ether oxygens (including phenoxy) is 1. The zero-order valence-corrected chi connectivity index (χ0v) is 18.3. The van der Waals surface area contributed by atoms with Crippen molar-refractivity contribution in [3.63, 3.8) is 0 Å². The Kier molecular flexibility index (Phi) is 5.48. The number of hydrogen-bond acceptors (Lipinski definition) is 3. The maximum Gasteiger partial charge on any atom is 0.573 e. The second kappa shape index (κ2) is 8.48. The lowest BCUT2D eigenvalue weighted by molar-refractivity contribution is -0.274. The van der Waals surface area contributed by atoms with Crippen LogP contribution in [-0.4, -0.2) is 21.9 Å². The molecule has 1 atom stereocenters. The highest BCUT2D eigenvalue weighted by Crippen LogP contribution is 2.35. The normalized spacial score (nSPS) is 15.8. The molecule has 3 aromatic carbocycles. The number of ketones is 1. The molecule has 1 aliphatic rings. The molecule has 0 fully saturated rings. The molecule has 0 bridgehead atoms. The summed E-state index contributed by atoms with van der Waals surface area (Å²) in [6, 6.07) is 17.4. The number of carbonyl (C=O) groups is 1. The van der Waals surface area contributed by atoms with Crippen LogP contribution in [0.2, 0.25) is 0 Å². The zero-order chi connectivity index (χ0) is 23.9. The molecule has 0 N–H and O–H groups in total. The number of fused-ring (bicyclic) bond motifs is 2. The van der Waals surface area contributed by atoms with Gasteiger partial charge in [-0.15, -0.1) is 13.2 Å². The summed E-state index contributed by atoms with van der Waals surface area (Å²) in [6.07, 6.45) is 1.61. The van der Waals surface area contributed by atoms with E-state index in [2.05, 4.69) is 9.84 Å². The average molecular weight is 462 g/mol. The van der Waals surface area contributed by atoms with Crippen molar-refractivity contribution in [2.24, 2.45) is 5.92 Å². The molecule has 1 aliphatic carbocycles. The lowest BCUT2D eigenvalue weighted by atomic mass is 9.81. The minimum absolute atomic E-state index is 0.110. The standard InChI is InChI=1S/C27H21F3N2O2/c1-17-13-21(9-12-32-11-2-10-31-32)26(33)25-15-20-4-3-19(14-22(20)16-24(17)25)18-5-7-23(8-6-18)34-27(28,29)30/h2-8,10-11,13-16,21H,9,12H2,1H3. The van der Waals surface area contributed by atoms with Gasteiger partial charge < -0.3 is 4.74 Å². The molecule has 172 valence electrons. The lowest BCUT2D eigenvalue weighted by Gasteiger charge is -2.22. The van der Waals surface area contributed by atoms with Gasteiger partial charge in [-0.05, 0) is 82.8 Å². The summed E-state index contributed by atoms with van der Waals surface area (Å²) in [5.74, 6) is -0.336. The fraction of sp³-hybridized carbons (Fsp3) is 0.185. The van der Waals surface area contributed by atoms with E-state index in [4.69, 9.17) is 0 Å². The Hall–Kier alpha value is -3.87. The molecule has 5 rings (SSSR count). The van der Waals surface area contributed by atoms with E-state index in [0.29, 0.717) is 13.0 Å². The molecule has 0 aliphatic heterocycles. The van der Waals surface area contributed by atoms with Crippen molar-refractivity contribution in [3.8, 4) is 16.9 Å². The summed E-state index contributed by atoms with van der Waals surface area (Å²) in [6.45, 7) is 2.69. The second-order valence-electron chi connectivity index (χ2n) is 8.41. The van der Waals surface area contributed by atoms with Crippen LogP contribution in [0, 0.1) is 5.92 Å². The molecular formula is C27H21F3N2O2. The van der Waals surface area contributed by atoms with Crippen molar-refractivity contribution in [1.82, 2.24) is 9.78 Å². The van der Waals surface area contributed by atoms with Gasteiger partial charge in [0.2, 0.25) is 0 Å². The Bertz CT molecular complexity index is 1390. The molecule has 7 heteroatoms. The summed E-state index contributed by atoms with van der Waals surface area (Å²) < 4.78 is 43.0. The molecule has 1 heterocycles. The number of alkyl halides is 3. The summed E-state index contributed by atoms with van der Waals surface area (Å²) >= 11 is 0. The van der Waals surface area contributed by atoms with Gasteiger partial charge in [0, 0.05) is 30.4 Å². The molecule has 0 radical (unpaired) electrons. The van der Waals surface area contributed by atoms with Gasteiger partial charge in [0.15, 0.2) is 5.78 Å². The molecule has 4 nitrogen and oxygen atoms in total. The summed E-state index contributed by atoms with van der Waals surface area (Å²) in [7, 11) is 0. The first kappa shape index (κ1) is 21.9. The van der Waals surface area contributed by atoms with Crippen LogP contribution in [0.4, 0.5) is 13.2 Å². The summed E-state index contributed by atoms with van der Waals surface area (Å²) in [4.78, 5) is 13.2. The van der Waals surface area contributed by atoms with Crippen molar-refractivity contribution >= 4 is 22.1 Å². The molecule has 34 heavy (non-hydrogen) atoms. The van der Waals surface area contributed by atoms with E-state index in [0.717, 1.165) is 38.6 Å². The predicted octanol–water partition coefficient (Wildman–Crippen LogP) is 6.91. The Balaban J connectivity index is 1.42. The molecule has 4 aromatic rings. The largest absolute Gasteiger partial charge is 0.573 e. The number of allylic oxidation sites excluding steroid dienone is 2. The highest BCUT2D eigenvalue weighted by molar-refractivity contribution is 6.09. The van der Waals surface area contributed by atoms with Crippen molar-refractivity contribution in [2.45, 2.75) is 26.3 Å². The van der Waals surface area contributed by atoms with Crippen molar-refractivity contribution in [1.29, 1.82) is 0 Å². The Morgan fingerprint density at radius 2 is 1.71 bits per heavy atom. The minimum Gasteiger partial charge on any atom is -0.406 e. The summed E-state index contributed by atoms with van der Waals surface area (Å²) in [5, 5.41) is 6.11. The first-order valence-corrected chi connectivity index (χ1v) is 10.9. The van der Waals surface area contributed by atoms with Gasteiger partial charge in [0.25, 0.3) is 0 Å². The Morgan fingerprint density at radius 3 is 2.41 bits per heavy atom. The molecule has 1 unspecified atom stereocenters. The number of benzene rings is 3. The van der Waals surface area contributed by atoms with Crippen molar-refractivity contribution in [2.75, 3.05) is 0 Å². The number of nitrogens with zero attached hydrogens (tertiary/aromatic N) is 2. The Morgan fingerprint density at radius 1 is 0.971 bits per heavy atom. The number of hydrogen-bond donors (Lipinski definition) is 0. The number of rotatable bonds is 5. The number of halogens is 3. The third-order valence-corrected chi connectivity index (χ3v) is 6.10. The third kappa shape index (κ3) is 4.46. The van der Waals surface area contributed by atoms with Crippen molar-refractivity contribution in [3.05, 3.63) is 90.3 Å². The van der Waals surface area contributed by atoms with E-state index < -0.39 is 6.36 Å². The van der Waals surface area contributed by atoms with Gasteiger partial charge in [-0.3, -0.25) is 9.48 Å². The van der Waals surface area contributed by atoms with Crippen LogP contribution in [0.15, 0.2) is 79.1 Å². The molecule has 0 saturated heterocycles. The van der Waals surface area contributed by atoms with Crippen LogP contribution in [0.5, 0.6) is 5.75 Å². The molecule has 0 amide bonds. The molecular weight excluding hydrogens is 441 g/mol. The van der Waals surface area contributed by atoms with E-state index >= 15 is 0 Å². The van der Waals surface area contributed by atoms with Gasteiger partial charge in [-0.2, -0.15) is 5.10 Å². The maximum absolute atomic E-state index is 13.2. The van der Waals surface area contributed by atoms with Crippen LogP contribution < -0.4 is 4.74 Å². The van der Waals surface area contributed by atoms with Gasteiger partial charge >= 0.3 is 6.36 Å². The van der Waals surface area contributed by atoms with E-state index in [9.17, 15) is 18.0 Å². The van der Waals surface area contributed by atoms with E-state index in [1.807, 2.05) is 60.3 Å². The summed E-state index contributed by atoms with van der Waals surface area (Å²) in [5.41, 5.74) is 4.34. The van der Waals surface area contributed by atoms with Crippen LogP contribution in [0.3, 0.4) is 0 Å². The quantitative estimate of drug-likeness (QED) is 0.324. The SMILES string of the molecule is CC1=CC(CCn2cccn2)C(=O)c2cc3ccc(-c4ccc(OC(F)(F)F)cc4)cc3cc21. The first-order valence-electron chi connectivity index (χ1n) is 10.9. The smallest absolute Gasteiger partial charge is 0.406 e. The highest BCUT2D eigenvalue weighted by atomic mass is 19.4. The number of carbonyl (C=O) groups excluding carboxylic acids is 1. The fourth-order valence-electron chi connectivity index (χ4n) is 4.44. The lowest BCUT2D eigenvalue weighted by Crippen LogP contribution is -2.20.